The Hall–Kier alpha value is -2.86. The number of nitrogens with one attached hydrogen (secondary N) is 2. The number of carbonyl (C=O) groups is 2. The lowest BCUT2D eigenvalue weighted by molar-refractivity contribution is -0.114. The molecule has 1 atom stereocenters. The largest absolute Gasteiger partial charge is 0.391 e. The predicted octanol–water partition coefficient (Wildman–Crippen LogP) is 2.95. The van der Waals surface area contributed by atoms with E-state index in [0.717, 1.165) is 29.7 Å². The van der Waals surface area contributed by atoms with Gasteiger partial charge in [0.15, 0.2) is 0 Å². The van der Waals surface area contributed by atoms with Gasteiger partial charge in [0, 0.05) is 24.5 Å². The van der Waals surface area contributed by atoms with Gasteiger partial charge in [0.1, 0.15) is 0 Å². The Morgan fingerprint density at radius 1 is 1.11 bits per heavy atom. The third-order valence-corrected chi connectivity index (χ3v) is 5.16. The molecule has 28 heavy (non-hydrogen) atoms. The molecule has 1 saturated heterocycles. The molecular weight excluding hydrogens is 354 g/mol. The minimum absolute atomic E-state index is 0.0559. The summed E-state index contributed by atoms with van der Waals surface area (Å²) in [4.78, 5) is 26.9. The van der Waals surface area contributed by atoms with E-state index >= 15 is 0 Å². The summed E-state index contributed by atoms with van der Waals surface area (Å²) in [5, 5.41) is 15.8. The van der Waals surface area contributed by atoms with Gasteiger partial charge in [-0.1, -0.05) is 24.3 Å². The number of aliphatic hydroxyl groups is 1. The second kappa shape index (κ2) is 8.89. The van der Waals surface area contributed by atoms with Crippen LogP contribution in [0.1, 0.15) is 34.3 Å². The number of hydrogen-bond donors (Lipinski definition) is 3. The summed E-state index contributed by atoms with van der Waals surface area (Å²) in [6.45, 7) is 5.01. The van der Waals surface area contributed by atoms with Gasteiger partial charge < -0.3 is 20.6 Å². The van der Waals surface area contributed by atoms with Crippen molar-refractivity contribution in [1.82, 2.24) is 4.90 Å². The SMILES string of the molecule is Cc1cccc(NC(=O)CNc2ccccc2C(=O)N2CCC[C@@H](O)C2)c1C. The molecule has 148 valence electrons. The molecule has 0 bridgehead atoms. The van der Waals surface area contributed by atoms with Crippen LogP contribution in [0.2, 0.25) is 0 Å². The fourth-order valence-corrected chi connectivity index (χ4v) is 3.39. The van der Waals surface area contributed by atoms with E-state index in [4.69, 9.17) is 0 Å². The van der Waals surface area contributed by atoms with Crippen LogP contribution in [0.3, 0.4) is 0 Å². The summed E-state index contributed by atoms with van der Waals surface area (Å²) < 4.78 is 0. The van der Waals surface area contributed by atoms with Crippen LogP contribution in [-0.2, 0) is 4.79 Å². The molecule has 0 saturated carbocycles. The normalized spacial score (nSPS) is 16.5. The number of rotatable bonds is 5. The van der Waals surface area contributed by atoms with Crippen molar-refractivity contribution in [1.29, 1.82) is 0 Å². The molecule has 2 aromatic carbocycles. The van der Waals surface area contributed by atoms with Crippen molar-refractivity contribution in [3.05, 3.63) is 59.2 Å². The Morgan fingerprint density at radius 3 is 2.64 bits per heavy atom. The van der Waals surface area contributed by atoms with Gasteiger partial charge in [-0.15, -0.1) is 0 Å². The first kappa shape index (κ1) is 19.9. The minimum atomic E-state index is -0.471. The van der Waals surface area contributed by atoms with Crippen molar-refractivity contribution in [2.24, 2.45) is 0 Å². The van der Waals surface area contributed by atoms with Crippen molar-refractivity contribution in [3.63, 3.8) is 0 Å². The van der Waals surface area contributed by atoms with E-state index in [0.29, 0.717) is 24.3 Å². The van der Waals surface area contributed by atoms with E-state index in [-0.39, 0.29) is 18.4 Å². The highest BCUT2D eigenvalue weighted by Gasteiger charge is 2.24. The van der Waals surface area contributed by atoms with Crippen LogP contribution in [0, 0.1) is 13.8 Å². The number of benzene rings is 2. The number of likely N-dealkylation sites (tertiary alicyclic amines) is 1. The summed E-state index contributed by atoms with van der Waals surface area (Å²) in [6, 6.07) is 12.9. The number of aliphatic hydroxyl groups excluding tert-OH is 1. The summed E-state index contributed by atoms with van der Waals surface area (Å²) >= 11 is 0. The van der Waals surface area contributed by atoms with E-state index in [1.807, 2.05) is 38.1 Å². The lowest BCUT2D eigenvalue weighted by Crippen LogP contribution is -2.42. The summed E-state index contributed by atoms with van der Waals surface area (Å²) in [6.07, 6.45) is 1.05. The number of nitrogens with zero attached hydrogens (tertiary/aromatic N) is 1. The maximum atomic E-state index is 12.9. The number of hydrogen-bond acceptors (Lipinski definition) is 4. The molecule has 0 aromatic heterocycles. The molecule has 1 heterocycles. The zero-order valence-corrected chi connectivity index (χ0v) is 16.4. The molecule has 3 N–H and O–H groups in total. The topological polar surface area (TPSA) is 81.7 Å². The third-order valence-electron chi connectivity index (χ3n) is 5.16. The number of aryl methyl sites for hydroxylation is 1. The lowest BCUT2D eigenvalue weighted by Gasteiger charge is -2.30. The number of amides is 2. The second-order valence-corrected chi connectivity index (χ2v) is 7.24. The minimum Gasteiger partial charge on any atom is -0.391 e. The highest BCUT2D eigenvalue weighted by Crippen LogP contribution is 2.21. The molecule has 1 aliphatic heterocycles. The van der Waals surface area contributed by atoms with Crippen LogP contribution < -0.4 is 10.6 Å². The van der Waals surface area contributed by atoms with Gasteiger partial charge in [-0.2, -0.15) is 0 Å². The maximum Gasteiger partial charge on any atom is 0.256 e. The zero-order chi connectivity index (χ0) is 20.1. The van der Waals surface area contributed by atoms with Gasteiger partial charge in [-0.3, -0.25) is 9.59 Å². The molecule has 0 spiro atoms. The molecule has 0 aliphatic carbocycles. The van der Waals surface area contributed by atoms with Gasteiger partial charge in [0.25, 0.3) is 5.91 Å². The van der Waals surface area contributed by atoms with Crippen LogP contribution in [0.15, 0.2) is 42.5 Å². The molecular formula is C22H27N3O3. The number of piperidine rings is 1. The Kier molecular flexibility index (Phi) is 6.31. The van der Waals surface area contributed by atoms with E-state index in [1.54, 1.807) is 23.1 Å². The van der Waals surface area contributed by atoms with Crippen molar-refractivity contribution in [2.45, 2.75) is 32.8 Å². The average Bonchev–Trinajstić information content (AvgIpc) is 2.69. The zero-order valence-electron chi connectivity index (χ0n) is 16.4. The summed E-state index contributed by atoms with van der Waals surface area (Å²) in [5.41, 5.74) is 4.07. The molecule has 6 heteroatoms. The summed E-state index contributed by atoms with van der Waals surface area (Å²) in [5.74, 6) is -0.305. The lowest BCUT2D eigenvalue weighted by atomic mass is 10.1. The van der Waals surface area contributed by atoms with E-state index in [2.05, 4.69) is 10.6 Å². The molecule has 1 aliphatic rings. The highest BCUT2D eigenvalue weighted by molar-refractivity contribution is 6.01. The van der Waals surface area contributed by atoms with Crippen LogP contribution in [0.5, 0.6) is 0 Å². The Bertz CT molecular complexity index is 866. The van der Waals surface area contributed by atoms with Crippen LogP contribution in [0.4, 0.5) is 11.4 Å². The Labute approximate surface area is 165 Å². The number of para-hydroxylation sites is 1. The van der Waals surface area contributed by atoms with E-state index in [9.17, 15) is 14.7 Å². The quantitative estimate of drug-likeness (QED) is 0.744. The monoisotopic (exact) mass is 381 g/mol. The highest BCUT2D eigenvalue weighted by atomic mass is 16.3. The predicted molar refractivity (Wildman–Crippen MR) is 111 cm³/mol. The van der Waals surface area contributed by atoms with Crippen molar-refractivity contribution >= 4 is 23.2 Å². The average molecular weight is 381 g/mol. The Morgan fingerprint density at radius 2 is 1.86 bits per heavy atom. The first-order valence-electron chi connectivity index (χ1n) is 9.62. The van der Waals surface area contributed by atoms with Gasteiger partial charge in [-0.05, 0) is 56.0 Å². The van der Waals surface area contributed by atoms with Crippen molar-refractivity contribution in [2.75, 3.05) is 30.3 Å². The van der Waals surface area contributed by atoms with Crippen LogP contribution >= 0.6 is 0 Å². The van der Waals surface area contributed by atoms with Crippen LogP contribution in [-0.4, -0.2) is 47.6 Å². The number of β-amino-alcohol motifs (C(OH)–C–C–N with tert-alkyl or cyclic N) is 1. The smallest absolute Gasteiger partial charge is 0.256 e. The van der Waals surface area contributed by atoms with Gasteiger partial charge in [-0.25, -0.2) is 0 Å². The van der Waals surface area contributed by atoms with Crippen molar-refractivity contribution < 1.29 is 14.7 Å². The van der Waals surface area contributed by atoms with E-state index < -0.39 is 6.10 Å². The maximum absolute atomic E-state index is 12.9. The molecule has 1 fully saturated rings. The van der Waals surface area contributed by atoms with Gasteiger partial charge in [0.2, 0.25) is 5.91 Å². The second-order valence-electron chi connectivity index (χ2n) is 7.24. The molecule has 3 rings (SSSR count). The third kappa shape index (κ3) is 4.70. The molecule has 2 aromatic rings. The summed E-state index contributed by atoms with van der Waals surface area (Å²) in [7, 11) is 0. The fraction of sp³-hybridized carbons (Fsp3) is 0.364. The standard InChI is InChI=1S/C22H27N3O3/c1-15-7-5-11-19(16(15)2)24-21(27)13-23-20-10-4-3-9-18(20)22(28)25-12-6-8-17(26)14-25/h3-5,7,9-11,17,23,26H,6,8,12-14H2,1-2H3,(H,24,27)/t17-/m1/s1. The van der Waals surface area contributed by atoms with Gasteiger partial charge in [0.05, 0.1) is 18.2 Å². The fourth-order valence-electron chi connectivity index (χ4n) is 3.39. The first-order valence-corrected chi connectivity index (χ1v) is 9.62. The molecule has 2 amide bonds. The number of anilines is 2. The van der Waals surface area contributed by atoms with Crippen molar-refractivity contribution in [3.8, 4) is 0 Å². The van der Waals surface area contributed by atoms with Gasteiger partial charge >= 0.3 is 0 Å². The molecule has 6 nitrogen and oxygen atoms in total. The van der Waals surface area contributed by atoms with E-state index in [1.165, 1.54) is 0 Å². The molecule has 0 unspecified atom stereocenters. The number of carbonyl (C=O) groups excluding carboxylic acids is 2. The Balaban J connectivity index is 1.65. The molecule has 0 radical (unpaired) electrons. The van der Waals surface area contributed by atoms with Crippen LogP contribution in [0.25, 0.3) is 0 Å². The first-order chi connectivity index (χ1) is 13.5.